The van der Waals surface area contributed by atoms with Crippen molar-refractivity contribution in [2.75, 3.05) is 13.1 Å². The van der Waals surface area contributed by atoms with Crippen LogP contribution in [0.1, 0.15) is 65.2 Å². The quantitative estimate of drug-likeness (QED) is 0.815. The Hall–Kier alpha value is -0.280. The number of hydrogen-bond donors (Lipinski definition) is 2. The maximum Gasteiger partial charge on any atom is 0.220 e. The van der Waals surface area contributed by atoms with Gasteiger partial charge in [-0.05, 0) is 63.5 Å². The van der Waals surface area contributed by atoms with E-state index in [9.17, 15) is 4.79 Å². The largest absolute Gasteiger partial charge is 0.353 e. The fraction of sp³-hybridized carbons (Fsp3) is 0.941. The first-order valence-electron chi connectivity index (χ1n) is 8.67. The molecule has 2 rings (SSSR count). The van der Waals surface area contributed by atoms with Crippen LogP contribution in [-0.2, 0) is 4.79 Å². The van der Waals surface area contributed by atoms with Crippen molar-refractivity contribution in [3.8, 4) is 0 Å². The van der Waals surface area contributed by atoms with Gasteiger partial charge in [0, 0.05) is 12.5 Å². The van der Waals surface area contributed by atoms with Crippen molar-refractivity contribution in [3.05, 3.63) is 0 Å². The van der Waals surface area contributed by atoms with Crippen LogP contribution in [0.25, 0.3) is 0 Å². The molecule has 1 saturated heterocycles. The lowest BCUT2D eigenvalue weighted by Crippen LogP contribution is -2.41. The van der Waals surface area contributed by atoms with Crippen molar-refractivity contribution in [2.24, 2.45) is 17.8 Å². The zero-order valence-corrected chi connectivity index (χ0v) is 14.5. The number of hydrogen-bond acceptors (Lipinski definition) is 2. The molecular formula is C17H33ClN2O. The van der Waals surface area contributed by atoms with Gasteiger partial charge in [0.15, 0.2) is 0 Å². The molecule has 2 fully saturated rings. The molecule has 0 aromatic heterocycles. The average Bonchev–Trinajstić information content (AvgIpc) is 2.49. The van der Waals surface area contributed by atoms with Crippen molar-refractivity contribution >= 4 is 18.3 Å². The van der Waals surface area contributed by atoms with Gasteiger partial charge < -0.3 is 10.6 Å². The number of carbonyl (C=O) groups is 1. The first kappa shape index (κ1) is 18.8. The van der Waals surface area contributed by atoms with Crippen LogP contribution in [0.4, 0.5) is 0 Å². The van der Waals surface area contributed by atoms with E-state index in [4.69, 9.17) is 0 Å². The van der Waals surface area contributed by atoms with Crippen LogP contribution in [0.15, 0.2) is 0 Å². The summed E-state index contributed by atoms with van der Waals surface area (Å²) in [4.78, 5) is 12.2. The fourth-order valence-corrected chi connectivity index (χ4v) is 3.89. The van der Waals surface area contributed by atoms with Crippen molar-refractivity contribution < 1.29 is 4.79 Å². The summed E-state index contributed by atoms with van der Waals surface area (Å²) in [5, 5.41) is 6.71. The average molecular weight is 317 g/mol. The number of nitrogens with one attached hydrogen (secondary N) is 2. The van der Waals surface area contributed by atoms with E-state index < -0.39 is 0 Å². The number of piperidine rings is 1. The predicted octanol–water partition coefficient (Wildman–Crippen LogP) is 3.52. The van der Waals surface area contributed by atoms with Gasteiger partial charge in [0.1, 0.15) is 0 Å². The maximum absolute atomic E-state index is 12.2. The fourth-order valence-electron chi connectivity index (χ4n) is 3.89. The molecule has 2 N–H and O–H groups in total. The van der Waals surface area contributed by atoms with Crippen LogP contribution in [0.5, 0.6) is 0 Å². The molecule has 124 valence electrons. The van der Waals surface area contributed by atoms with Crippen molar-refractivity contribution in [1.29, 1.82) is 0 Å². The number of carbonyl (C=O) groups excluding carboxylic acids is 1. The molecule has 2 aliphatic rings. The number of amides is 1. The summed E-state index contributed by atoms with van der Waals surface area (Å²) in [6, 6.07) is 0.361. The van der Waals surface area contributed by atoms with E-state index >= 15 is 0 Å². The van der Waals surface area contributed by atoms with Crippen LogP contribution in [0, 0.1) is 17.8 Å². The highest BCUT2D eigenvalue weighted by atomic mass is 35.5. The second-order valence-electron chi connectivity index (χ2n) is 7.04. The van der Waals surface area contributed by atoms with Gasteiger partial charge in [-0.1, -0.05) is 26.2 Å². The molecule has 1 aliphatic heterocycles. The van der Waals surface area contributed by atoms with E-state index in [1.165, 1.54) is 44.9 Å². The molecule has 0 radical (unpaired) electrons. The highest BCUT2D eigenvalue weighted by Gasteiger charge is 2.25. The molecule has 1 saturated carbocycles. The highest BCUT2D eigenvalue weighted by Crippen LogP contribution is 2.27. The molecule has 1 aliphatic carbocycles. The molecule has 4 heteroatoms. The Kier molecular flexibility index (Phi) is 8.65. The molecule has 3 nitrogen and oxygen atoms in total. The molecule has 3 atom stereocenters. The van der Waals surface area contributed by atoms with Gasteiger partial charge in [0.25, 0.3) is 0 Å². The molecule has 21 heavy (non-hydrogen) atoms. The van der Waals surface area contributed by atoms with Gasteiger partial charge in [-0.2, -0.15) is 0 Å². The molecule has 1 amide bonds. The van der Waals surface area contributed by atoms with Gasteiger partial charge in [-0.25, -0.2) is 0 Å². The van der Waals surface area contributed by atoms with Crippen molar-refractivity contribution in [3.63, 3.8) is 0 Å². The second-order valence-corrected chi connectivity index (χ2v) is 7.04. The van der Waals surface area contributed by atoms with Gasteiger partial charge in [-0.15, -0.1) is 12.4 Å². The molecule has 0 spiro atoms. The summed E-state index contributed by atoms with van der Waals surface area (Å²) in [6.45, 7) is 6.67. The van der Waals surface area contributed by atoms with Gasteiger partial charge in [0.05, 0.1) is 0 Å². The monoisotopic (exact) mass is 316 g/mol. The third-order valence-corrected chi connectivity index (χ3v) is 5.39. The molecule has 0 aromatic carbocycles. The molecule has 0 aromatic rings. The summed E-state index contributed by atoms with van der Waals surface area (Å²) in [7, 11) is 0. The lowest BCUT2D eigenvalue weighted by Gasteiger charge is -2.30. The van der Waals surface area contributed by atoms with Gasteiger partial charge in [0.2, 0.25) is 5.91 Å². The SMILES string of the molecule is CC(CC(=O)NC(C)C1CCCCC1)C1CCCNC1.Cl. The smallest absolute Gasteiger partial charge is 0.220 e. The normalized spacial score (nSPS) is 26.5. The minimum Gasteiger partial charge on any atom is -0.353 e. The number of rotatable bonds is 5. The molecular weight excluding hydrogens is 284 g/mol. The first-order chi connectivity index (χ1) is 9.66. The lowest BCUT2D eigenvalue weighted by molar-refractivity contribution is -0.123. The van der Waals surface area contributed by atoms with Gasteiger partial charge in [-0.3, -0.25) is 4.79 Å². The third kappa shape index (κ3) is 6.15. The van der Waals surface area contributed by atoms with E-state index in [2.05, 4.69) is 24.5 Å². The minimum absolute atomic E-state index is 0. The Bertz CT molecular complexity index is 271. The van der Waals surface area contributed by atoms with E-state index in [1.54, 1.807) is 0 Å². The van der Waals surface area contributed by atoms with E-state index in [0.717, 1.165) is 13.1 Å². The summed E-state index contributed by atoms with van der Waals surface area (Å²) in [5.41, 5.74) is 0. The lowest BCUT2D eigenvalue weighted by atomic mass is 9.83. The van der Waals surface area contributed by atoms with Crippen LogP contribution < -0.4 is 10.6 Å². The summed E-state index contributed by atoms with van der Waals surface area (Å²) in [6.07, 6.45) is 9.89. The first-order valence-corrected chi connectivity index (χ1v) is 8.67. The summed E-state index contributed by atoms with van der Waals surface area (Å²) < 4.78 is 0. The third-order valence-electron chi connectivity index (χ3n) is 5.39. The van der Waals surface area contributed by atoms with Crippen molar-refractivity contribution in [1.82, 2.24) is 10.6 Å². The van der Waals surface area contributed by atoms with E-state index in [0.29, 0.717) is 30.2 Å². The minimum atomic E-state index is 0. The maximum atomic E-state index is 12.2. The Morgan fingerprint density at radius 2 is 1.76 bits per heavy atom. The van der Waals surface area contributed by atoms with Crippen LogP contribution in [-0.4, -0.2) is 25.0 Å². The Morgan fingerprint density at radius 3 is 2.38 bits per heavy atom. The van der Waals surface area contributed by atoms with Crippen LogP contribution in [0.3, 0.4) is 0 Å². The summed E-state index contributed by atoms with van der Waals surface area (Å²) >= 11 is 0. The van der Waals surface area contributed by atoms with E-state index in [1.807, 2.05) is 0 Å². The van der Waals surface area contributed by atoms with Crippen molar-refractivity contribution in [2.45, 2.75) is 71.3 Å². The van der Waals surface area contributed by atoms with Gasteiger partial charge >= 0.3 is 0 Å². The zero-order valence-electron chi connectivity index (χ0n) is 13.7. The molecule has 0 bridgehead atoms. The molecule has 3 unspecified atom stereocenters. The Labute approximate surface area is 136 Å². The van der Waals surface area contributed by atoms with Crippen LogP contribution in [0.2, 0.25) is 0 Å². The standard InChI is InChI=1S/C17H32N2O.ClH/c1-13(16-9-6-10-18-12-16)11-17(20)19-14(2)15-7-4-3-5-8-15;/h13-16,18H,3-12H2,1-2H3,(H,19,20);1H. The van der Waals surface area contributed by atoms with E-state index in [-0.39, 0.29) is 18.3 Å². The topological polar surface area (TPSA) is 41.1 Å². The second kappa shape index (κ2) is 9.68. The Morgan fingerprint density at radius 1 is 1.10 bits per heavy atom. The molecule has 1 heterocycles. The Balaban J connectivity index is 0.00000220. The van der Waals surface area contributed by atoms with Crippen LogP contribution >= 0.6 is 12.4 Å². The number of halogens is 1. The predicted molar refractivity (Wildman–Crippen MR) is 90.8 cm³/mol. The highest BCUT2D eigenvalue weighted by molar-refractivity contribution is 5.85. The zero-order chi connectivity index (χ0) is 14.4. The summed E-state index contributed by atoms with van der Waals surface area (Å²) in [5.74, 6) is 2.15.